The van der Waals surface area contributed by atoms with E-state index >= 15 is 0 Å². The maximum Gasteiger partial charge on any atom is 0.229 e. The van der Waals surface area contributed by atoms with Crippen LogP contribution in [0, 0.1) is 24.2 Å². The molecule has 1 fully saturated rings. The summed E-state index contributed by atoms with van der Waals surface area (Å²) in [5.74, 6) is 0.356. The van der Waals surface area contributed by atoms with Gasteiger partial charge in [0.05, 0.1) is 0 Å². The van der Waals surface area contributed by atoms with E-state index in [1.807, 2.05) is 52.8 Å². The van der Waals surface area contributed by atoms with E-state index in [9.17, 15) is 9.59 Å². The number of halogens is 1. The number of aryl methyl sites for hydroxylation is 1. The van der Waals surface area contributed by atoms with Crippen LogP contribution >= 0.6 is 12.4 Å². The molecule has 0 spiro atoms. The normalized spacial score (nSPS) is 15.7. The number of rotatable bonds is 4. The summed E-state index contributed by atoms with van der Waals surface area (Å²) in [4.78, 5) is 24.5. The minimum Gasteiger partial charge on any atom is -0.326 e. The van der Waals surface area contributed by atoms with E-state index in [4.69, 9.17) is 0 Å². The van der Waals surface area contributed by atoms with Crippen LogP contribution in [0.4, 0.5) is 11.4 Å². The van der Waals surface area contributed by atoms with Crippen molar-refractivity contribution < 1.29 is 9.59 Å². The summed E-state index contributed by atoms with van der Waals surface area (Å²) in [7, 11) is 0. The lowest BCUT2D eigenvalue weighted by molar-refractivity contribution is -0.123. The van der Waals surface area contributed by atoms with E-state index in [-0.39, 0.29) is 30.1 Å². The van der Waals surface area contributed by atoms with Crippen molar-refractivity contribution in [2.45, 2.75) is 34.6 Å². The molecule has 5 nitrogen and oxygen atoms in total. The Labute approximate surface area is 150 Å². The van der Waals surface area contributed by atoms with Crippen LogP contribution in [-0.2, 0) is 9.59 Å². The molecule has 0 aromatic heterocycles. The zero-order valence-electron chi connectivity index (χ0n) is 15.0. The van der Waals surface area contributed by atoms with Crippen LogP contribution in [0.1, 0.15) is 33.3 Å². The second-order valence-corrected chi connectivity index (χ2v) is 7.43. The van der Waals surface area contributed by atoms with Gasteiger partial charge in [-0.2, -0.15) is 0 Å². The number of carbonyl (C=O) groups is 2. The van der Waals surface area contributed by atoms with Crippen LogP contribution in [-0.4, -0.2) is 24.9 Å². The van der Waals surface area contributed by atoms with Gasteiger partial charge >= 0.3 is 0 Å². The zero-order valence-corrected chi connectivity index (χ0v) is 15.8. The summed E-state index contributed by atoms with van der Waals surface area (Å²) in [6.07, 6.45) is 0. The summed E-state index contributed by atoms with van der Waals surface area (Å²) >= 11 is 0. The molecule has 24 heavy (non-hydrogen) atoms. The average molecular weight is 354 g/mol. The fourth-order valence-electron chi connectivity index (χ4n) is 2.28. The van der Waals surface area contributed by atoms with Gasteiger partial charge in [0.2, 0.25) is 11.8 Å². The SMILES string of the molecule is Cc1ccc(NC(=O)C(C)(C)C)cc1NC(=O)C(C)C1CNC1.Cl. The third-order valence-corrected chi connectivity index (χ3v) is 4.37. The Hall–Kier alpha value is -1.59. The van der Waals surface area contributed by atoms with Gasteiger partial charge in [-0.3, -0.25) is 9.59 Å². The number of hydrogen-bond donors (Lipinski definition) is 3. The molecule has 134 valence electrons. The molecule has 1 aliphatic rings. The number of benzene rings is 1. The van der Waals surface area contributed by atoms with Crippen LogP contribution in [0.5, 0.6) is 0 Å². The highest BCUT2D eigenvalue weighted by molar-refractivity contribution is 5.97. The number of nitrogens with one attached hydrogen (secondary N) is 3. The third kappa shape index (κ3) is 4.95. The van der Waals surface area contributed by atoms with Crippen molar-refractivity contribution in [3.05, 3.63) is 23.8 Å². The molecule has 1 aromatic carbocycles. The van der Waals surface area contributed by atoms with Crippen LogP contribution in [0.25, 0.3) is 0 Å². The molecule has 2 rings (SSSR count). The highest BCUT2D eigenvalue weighted by Crippen LogP contribution is 2.24. The Morgan fingerprint density at radius 3 is 2.33 bits per heavy atom. The van der Waals surface area contributed by atoms with Crippen LogP contribution in [0.3, 0.4) is 0 Å². The van der Waals surface area contributed by atoms with Crippen molar-refractivity contribution in [3.63, 3.8) is 0 Å². The quantitative estimate of drug-likeness (QED) is 0.778. The molecule has 1 atom stereocenters. The van der Waals surface area contributed by atoms with Crippen molar-refractivity contribution in [2.75, 3.05) is 23.7 Å². The predicted molar refractivity (Wildman–Crippen MR) is 101 cm³/mol. The standard InChI is InChI=1S/C18H27N3O2.ClH/c1-11-6-7-14(20-17(23)18(3,4)5)8-15(11)21-16(22)12(2)13-9-19-10-13;/h6-8,12-13,19H,9-10H2,1-5H3,(H,20,23)(H,21,22);1H. The molecule has 2 amide bonds. The minimum atomic E-state index is -0.458. The molecular formula is C18H28ClN3O2. The van der Waals surface area contributed by atoms with Crippen LogP contribution in [0.15, 0.2) is 18.2 Å². The molecule has 0 aliphatic carbocycles. The smallest absolute Gasteiger partial charge is 0.229 e. The maximum absolute atomic E-state index is 12.4. The Balaban J connectivity index is 0.00000288. The minimum absolute atomic E-state index is 0. The fourth-order valence-corrected chi connectivity index (χ4v) is 2.28. The first-order chi connectivity index (χ1) is 10.7. The largest absolute Gasteiger partial charge is 0.326 e. The van der Waals surface area contributed by atoms with Crippen LogP contribution < -0.4 is 16.0 Å². The van der Waals surface area contributed by atoms with E-state index in [2.05, 4.69) is 16.0 Å². The van der Waals surface area contributed by atoms with Gasteiger partial charge in [-0.25, -0.2) is 0 Å². The highest BCUT2D eigenvalue weighted by atomic mass is 35.5. The molecule has 0 bridgehead atoms. The Morgan fingerprint density at radius 1 is 1.21 bits per heavy atom. The van der Waals surface area contributed by atoms with E-state index in [0.717, 1.165) is 24.3 Å². The monoisotopic (exact) mass is 353 g/mol. The van der Waals surface area contributed by atoms with Gasteiger partial charge in [-0.15, -0.1) is 12.4 Å². The number of carbonyl (C=O) groups excluding carboxylic acids is 2. The van der Waals surface area contributed by atoms with Crippen molar-refractivity contribution in [1.82, 2.24) is 5.32 Å². The third-order valence-electron chi connectivity index (χ3n) is 4.37. The first kappa shape index (κ1) is 20.5. The number of amides is 2. The molecule has 1 saturated heterocycles. The molecule has 6 heteroatoms. The fraction of sp³-hybridized carbons (Fsp3) is 0.556. The van der Waals surface area contributed by atoms with Gasteiger partial charge in [0.1, 0.15) is 0 Å². The Morgan fingerprint density at radius 2 is 1.83 bits per heavy atom. The topological polar surface area (TPSA) is 70.2 Å². The lowest BCUT2D eigenvalue weighted by Gasteiger charge is -2.31. The average Bonchev–Trinajstić information content (AvgIpc) is 2.39. The second kappa shape index (κ2) is 7.99. The summed E-state index contributed by atoms with van der Waals surface area (Å²) in [6.45, 7) is 11.3. The van der Waals surface area contributed by atoms with Gasteiger partial charge in [0, 0.05) is 22.7 Å². The molecule has 0 saturated carbocycles. The summed E-state index contributed by atoms with van der Waals surface area (Å²) in [6, 6.07) is 5.58. The summed E-state index contributed by atoms with van der Waals surface area (Å²) in [5.41, 5.74) is 1.97. The van der Waals surface area contributed by atoms with Gasteiger partial charge in [-0.1, -0.05) is 33.8 Å². The molecule has 1 aliphatic heterocycles. The van der Waals surface area contributed by atoms with Gasteiger partial charge in [-0.05, 0) is 43.6 Å². The van der Waals surface area contributed by atoms with Crippen molar-refractivity contribution in [3.8, 4) is 0 Å². The first-order valence-corrected chi connectivity index (χ1v) is 8.12. The number of anilines is 2. The van der Waals surface area contributed by atoms with Crippen molar-refractivity contribution >= 4 is 35.6 Å². The summed E-state index contributed by atoms with van der Waals surface area (Å²) < 4.78 is 0. The van der Waals surface area contributed by atoms with Crippen LogP contribution in [0.2, 0.25) is 0 Å². The Bertz CT molecular complexity index is 607. The van der Waals surface area contributed by atoms with Gasteiger partial charge in [0.25, 0.3) is 0 Å². The lowest BCUT2D eigenvalue weighted by atomic mass is 9.88. The van der Waals surface area contributed by atoms with E-state index in [1.165, 1.54) is 0 Å². The van der Waals surface area contributed by atoms with E-state index in [1.54, 1.807) is 0 Å². The molecule has 0 radical (unpaired) electrons. The lowest BCUT2D eigenvalue weighted by Crippen LogP contribution is -2.48. The highest BCUT2D eigenvalue weighted by Gasteiger charge is 2.29. The Kier molecular flexibility index (Phi) is 6.81. The first-order valence-electron chi connectivity index (χ1n) is 8.12. The molecule has 1 unspecified atom stereocenters. The molecule has 3 N–H and O–H groups in total. The maximum atomic E-state index is 12.4. The molecule has 1 aromatic rings. The number of hydrogen-bond acceptors (Lipinski definition) is 3. The molecular weight excluding hydrogens is 326 g/mol. The van der Waals surface area contributed by atoms with Gasteiger partial charge in [0.15, 0.2) is 0 Å². The summed E-state index contributed by atoms with van der Waals surface area (Å²) in [5, 5.41) is 9.08. The molecule has 1 heterocycles. The van der Waals surface area contributed by atoms with Gasteiger partial charge < -0.3 is 16.0 Å². The van der Waals surface area contributed by atoms with E-state index in [0.29, 0.717) is 11.6 Å². The van der Waals surface area contributed by atoms with E-state index < -0.39 is 5.41 Å². The van der Waals surface area contributed by atoms with Crippen molar-refractivity contribution in [2.24, 2.45) is 17.3 Å². The predicted octanol–water partition coefficient (Wildman–Crippen LogP) is 3.20. The second-order valence-electron chi connectivity index (χ2n) is 7.43. The zero-order chi connectivity index (χ0) is 17.2. The van der Waals surface area contributed by atoms with Crippen molar-refractivity contribution in [1.29, 1.82) is 0 Å².